The minimum absolute atomic E-state index is 0.00824. The second kappa shape index (κ2) is 5.40. The Morgan fingerprint density at radius 2 is 1.74 bits per heavy atom. The molecule has 0 saturated heterocycles. The average molecular weight is 268 g/mol. The van der Waals surface area contributed by atoms with Gasteiger partial charge in [-0.05, 0) is 12.1 Å². The van der Waals surface area contributed by atoms with Gasteiger partial charge >= 0.3 is 6.01 Å². The molecule has 2 aromatic rings. The van der Waals surface area contributed by atoms with Crippen LogP contribution in [0.25, 0.3) is 0 Å². The summed E-state index contributed by atoms with van der Waals surface area (Å²) in [6.45, 7) is 0. The number of nitrogens with one attached hydrogen (secondary N) is 2. The maximum absolute atomic E-state index is 13.5. The molecule has 0 radical (unpaired) electrons. The number of nitrogen functional groups attached to an aromatic ring is 1. The average Bonchev–Trinajstić information content (AvgIpc) is 2.42. The number of benzene rings is 1. The molecule has 1 aromatic heterocycles. The van der Waals surface area contributed by atoms with Gasteiger partial charge in [-0.2, -0.15) is 15.0 Å². The second-order valence-electron chi connectivity index (χ2n) is 3.34. The van der Waals surface area contributed by atoms with Crippen LogP contribution in [0.1, 0.15) is 0 Å². The summed E-state index contributed by atoms with van der Waals surface area (Å²) in [6, 6.07) is 3.40. The van der Waals surface area contributed by atoms with Gasteiger partial charge in [-0.1, -0.05) is 6.07 Å². The summed E-state index contributed by atoms with van der Waals surface area (Å²) in [7, 11) is 1.34. The van der Waals surface area contributed by atoms with Gasteiger partial charge in [-0.25, -0.2) is 14.6 Å². The molecule has 0 spiro atoms. The number of rotatable bonds is 4. The number of hydrogen-bond donors (Lipinski definition) is 3. The third kappa shape index (κ3) is 2.83. The highest BCUT2D eigenvalue weighted by atomic mass is 19.1. The van der Waals surface area contributed by atoms with Crippen molar-refractivity contribution in [3.8, 4) is 6.01 Å². The highest BCUT2D eigenvalue weighted by Crippen LogP contribution is 2.22. The molecule has 0 unspecified atom stereocenters. The van der Waals surface area contributed by atoms with Crippen LogP contribution < -0.4 is 21.3 Å². The number of nitrogens with two attached hydrogens (primary N) is 1. The lowest BCUT2D eigenvalue weighted by Gasteiger charge is -2.09. The van der Waals surface area contributed by atoms with Crippen LogP contribution in [0.15, 0.2) is 18.2 Å². The van der Waals surface area contributed by atoms with Gasteiger partial charge in [0.15, 0.2) is 0 Å². The Balaban J connectivity index is 2.37. The molecule has 0 saturated carbocycles. The number of hydrogen-bond acceptors (Lipinski definition) is 7. The number of methoxy groups -OCH3 is 1. The van der Waals surface area contributed by atoms with Crippen molar-refractivity contribution in [3.05, 3.63) is 29.8 Å². The summed E-state index contributed by atoms with van der Waals surface area (Å²) in [5.41, 5.74) is 1.81. The Morgan fingerprint density at radius 1 is 1.11 bits per heavy atom. The van der Waals surface area contributed by atoms with Crippen molar-refractivity contribution in [1.82, 2.24) is 15.0 Å². The molecular weight excluding hydrogens is 258 g/mol. The zero-order valence-electron chi connectivity index (χ0n) is 9.82. The Hall–Kier alpha value is -2.55. The molecule has 0 aliphatic rings. The van der Waals surface area contributed by atoms with E-state index in [1.54, 1.807) is 0 Å². The smallest absolute Gasteiger partial charge is 0.322 e. The third-order valence-corrected chi connectivity index (χ3v) is 2.13. The fourth-order valence-corrected chi connectivity index (χ4v) is 1.30. The minimum Gasteiger partial charge on any atom is -0.467 e. The van der Waals surface area contributed by atoms with Crippen LogP contribution in [0, 0.1) is 11.6 Å². The normalized spacial score (nSPS) is 10.1. The highest BCUT2D eigenvalue weighted by molar-refractivity contribution is 5.55. The molecule has 7 nitrogen and oxygen atoms in total. The molecular formula is C10H10F2N6O. The first-order chi connectivity index (χ1) is 9.13. The molecule has 0 bridgehead atoms. The molecule has 1 heterocycles. The van der Waals surface area contributed by atoms with Crippen LogP contribution in [0.2, 0.25) is 0 Å². The van der Waals surface area contributed by atoms with Crippen LogP contribution in [0.5, 0.6) is 6.01 Å². The molecule has 4 N–H and O–H groups in total. The first kappa shape index (κ1) is 12.9. The number of aromatic nitrogens is 3. The molecule has 1 aromatic carbocycles. The van der Waals surface area contributed by atoms with E-state index < -0.39 is 11.6 Å². The van der Waals surface area contributed by atoms with Crippen LogP contribution >= 0.6 is 0 Å². The van der Waals surface area contributed by atoms with E-state index in [4.69, 9.17) is 10.6 Å². The van der Waals surface area contributed by atoms with Crippen molar-refractivity contribution in [3.63, 3.8) is 0 Å². The van der Waals surface area contributed by atoms with Crippen molar-refractivity contribution in [2.75, 3.05) is 17.9 Å². The molecule has 0 aliphatic carbocycles. The fraction of sp³-hybridized carbons (Fsp3) is 0.100. The third-order valence-electron chi connectivity index (χ3n) is 2.13. The summed E-state index contributed by atoms with van der Waals surface area (Å²) < 4.78 is 31.7. The van der Waals surface area contributed by atoms with Crippen LogP contribution in [-0.2, 0) is 0 Å². The van der Waals surface area contributed by atoms with E-state index in [1.807, 2.05) is 0 Å². The molecule has 0 atom stereocenters. The van der Waals surface area contributed by atoms with Gasteiger partial charge < -0.3 is 10.1 Å². The zero-order valence-corrected chi connectivity index (χ0v) is 9.82. The van der Waals surface area contributed by atoms with Crippen molar-refractivity contribution >= 4 is 17.6 Å². The monoisotopic (exact) mass is 268 g/mol. The Morgan fingerprint density at radius 3 is 2.32 bits per heavy atom. The number of hydrazine groups is 1. The number of ether oxygens (including phenoxy) is 1. The largest absolute Gasteiger partial charge is 0.467 e. The van der Waals surface area contributed by atoms with E-state index in [9.17, 15) is 8.78 Å². The van der Waals surface area contributed by atoms with Crippen LogP contribution in [0.4, 0.5) is 26.4 Å². The van der Waals surface area contributed by atoms with E-state index >= 15 is 0 Å². The predicted octanol–water partition coefficient (Wildman–Crippen LogP) is 1.19. The second-order valence-corrected chi connectivity index (χ2v) is 3.34. The Bertz CT molecular complexity index is 552. The van der Waals surface area contributed by atoms with Crippen molar-refractivity contribution < 1.29 is 13.5 Å². The molecule has 19 heavy (non-hydrogen) atoms. The van der Waals surface area contributed by atoms with Gasteiger partial charge in [0.1, 0.15) is 17.3 Å². The van der Waals surface area contributed by atoms with Gasteiger partial charge in [0.05, 0.1) is 7.11 Å². The quantitative estimate of drug-likeness (QED) is 0.566. The van der Waals surface area contributed by atoms with E-state index in [0.717, 1.165) is 12.1 Å². The van der Waals surface area contributed by atoms with E-state index in [-0.39, 0.29) is 23.6 Å². The van der Waals surface area contributed by atoms with Crippen molar-refractivity contribution in [1.29, 1.82) is 0 Å². The molecule has 2 rings (SSSR count). The molecule has 0 amide bonds. The first-order valence-electron chi connectivity index (χ1n) is 5.11. The standard InChI is InChI=1S/C10H10F2N6O/c1-19-10-16-8(15-9(17-10)18-13)14-7-5(11)3-2-4-6(7)12/h2-4H,13H2,1H3,(H2,14,15,16,17,18). The van der Waals surface area contributed by atoms with Gasteiger partial charge in [-0.15, -0.1) is 0 Å². The maximum atomic E-state index is 13.5. The highest BCUT2D eigenvalue weighted by Gasteiger charge is 2.12. The maximum Gasteiger partial charge on any atom is 0.322 e. The lowest BCUT2D eigenvalue weighted by molar-refractivity contribution is 0.379. The minimum atomic E-state index is -0.776. The molecule has 9 heteroatoms. The van der Waals surface area contributed by atoms with Gasteiger partial charge in [0.2, 0.25) is 11.9 Å². The van der Waals surface area contributed by atoms with Crippen LogP contribution in [0.3, 0.4) is 0 Å². The summed E-state index contributed by atoms with van der Waals surface area (Å²) in [6.07, 6.45) is 0. The zero-order chi connectivity index (χ0) is 13.8. The summed E-state index contributed by atoms with van der Waals surface area (Å²) in [4.78, 5) is 11.3. The topological polar surface area (TPSA) is 98.0 Å². The summed E-state index contributed by atoms with van der Waals surface area (Å²) in [5, 5.41) is 2.40. The van der Waals surface area contributed by atoms with Gasteiger partial charge in [0.25, 0.3) is 0 Å². The lowest BCUT2D eigenvalue weighted by Crippen LogP contribution is -2.13. The van der Waals surface area contributed by atoms with E-state index in [0.29, 0.717) is 0 Å². The molecule has 0 fully saturated rings. The van der Waals surface area contributed by atoms with E-state index in [2.05, 4.69) is 25.7 Å². The van der Waals surface area contributed by atoms with Crippen molar-refractivity contribution in [2.45, 2.75) is 0 Å². The summed E-state index contributed by atoms with van der Waals surface area (Å²) >= 11 is 0. The van der Waals surface area contributed by atoms with E-state index in [1.165, 1.54) is 13.2 Å². The van der Waals surface area contributed by atoms with Crippen molar-refractivity contribution in [2.24, 2.45) is 5.84 Å². The van der Waals surface area contributed by atoms with Crippen LogP contribution in [-0.4, -0.2) is 22.1 Å². The number of halogens is 2. The van der Waals surface area contributed by atoms with Gasteiger partial charge in [0, 0.05) is 0 Å². The molecule has 0 aliphatic heterocycles. The predicted molar refractivity (Wildman–Crippen MR) is 63.8 cm³/mol. The first-order valence-corrected chi connectivity index (χ1v) is 5.11. The number of para-hydroxylation sites is 1. The fourth-order valence-electron chi connectivity index (χ4n) is 1.30. The lowest BCUT2D eigenvalue weighted by atomic mass is 10.3. The molecule has 100 valence electrons. The Kier molecular flexibility index (Phi) is 3.66. The Labute approximate surface area is 106 Å². The summed E-state index contributed by atoms with van der Waals surface area (Å²) in [5.74, 6) is 3.49. The van der Waals surface area contributed by atoms with Gasteiger partial charge in [-0.3, -0.25) is 5.43 Å². The number of anilines is 3. The number of nitrogens with zero attached hydrogens (tertiary/aromatic N) is 3. The SMILES string of the molecule is COc1nc(NN)nc(Nc2c(F)cccc2F)n1.